The van der Waals surface area contributed by atoms with Crippen LogP contribution in [-0.4, -0.2) is 39.4 Å². The minimum Gasteiger partial charge on any atom is -0.380 e. The van der Waals surface area contributed by atoms with Crippen LogP contribution in [0.2, 0.25) is 0 Å². The molecule has 0 saturated heterocycles. The van der Waals surface area contributed by atoms with E-state index in [2.05, 4.69) is 53.7 Å². The van der Waals surface area contributed by atoms with Crippen LogP contribution in [0.4, 0.5) is 0 Å². The normalized spacial score (nSPS) is 12.6. The average molecular weight is 463 g/mol. The van der Waals surface area contributed by atoms with Gasteiger partial charge in [0.15, 0.2) is 5.96 Å². The van der Waals surface area contributed by atoms with E-state index in [9.17, 15) is 0 Å². The second-order valence-electron chi connectivity index (χ2n) is 6.13. The molecule has 0 spiro atoms. The molecule has 25 heavy (non-hydrogen) atoms. The Morgan fingerprint density at radius 1 is 1.12 bits per heavy atom. The molecule has 0 aliphatic carbocycles. The maximum Gasteiger partial charge on any atom is 0.191 e. The molecule has 6 heteroatoms. The van der Waals surface area contributed by atoms with Crippen LogP contribution in [0.15, 0.2) is 29.3 Å². The second-order valence-corrected chi connectivity index (χ2v) is 6.13. The van der Waals surface area contributed by atoms with Gasteiger partial charge in [-0.2, -0.15) is 0 Å². The summed E-state index contributed by atoms with van der Waals surface area (Å²) >= 11 is 0. The van der Waals surface area contributed by atoms with Crippen molar-refractivity contribution in [2.45, 2.75) is 46.4 Å². The van der Waals surface area contributed by atoms with E-state index in [-0.39, 0.29) is 30.1 Å². The Hall–Kier alpha value is -0.860. The molecule has 0 heterocycles. The van der Waals surface area contributed by atoms with Crippen molar-refractivity contribution in [1.29, 1.82) is 0 Å². The molecule has 0 bridgehead atoms. The van der Waals surface area contributed by atoms with Crippen LogP contribution in [0.25, 0.3) is 0 Å². The van der Waals surface area contributed by atoms with Crippen molar-refractivity contribution >= 4 is 29.9 Å². The Morgan fingerprint density at radius 2 is 1.76 bits per heavy atom. The number of hydrogen-bond donors (Lipinski definition) is 2. The lowest BCUT2D eigenvalue weighted by molar-refractivity contribution is 0.0258. The molecule has 0 fully saturated rings. The molecule has 0 aliphatic rings. The van der Waals surface area contributed by atoms with Crippen molar-refractivity contribution in [2.75, 3.05) is 27.3 Å². The van der Waals surface area contributed by atoms with Crippen LogP contribution in [-0.2, 0) is 22.6 Å². The summed E-state index contributed by atoms with van der Waals surface area (Å²) in [7, 11) is 3.50. The van der Waals surface area contributed by atoms with Crippen LogP contribution < -0.4 is 10.6 Å². The Morgan fingerprint density at radius 3 is 2.28 bits per heavy atom. The number of aliphatic imine (C=N–C) groups is 1. The van der Waals surface area contributed by atoms with Crippen molar-refractivity contribution in [3.05, 3.63) is 35.4 Å². The molecule has 1 atom stereocenters. The standard InChI is InChI=1S/C19H33N3O2.HI/c1-6-24-18(15(2)3)11-12-21-19(20-4)22-13-16-7-9-17(10-8-16)14-23-5;/h7-10,15,18H,6,11-14H2,1-5H3,(H2,20,21,22);1H. The van der Waals surface area contributed by atoms with Crippen LogP contribution in [0.3, 0.4) is 0 Å². The first-order chi connectivity index (χ1) is 11.6. The van der Waals surface area contributed by atoms with Crippen molar-refractivity contribution < 1.29 is 9.47 Å². The summed E-state index contributed by atoms with van der Waals surface area (Å²) in [5, 5.41) is 6.69. The van der Waals surface area contributed by atoms with Gasteiger partial charge in [0.2, 0.25) is 0 Å². The zero-order chi connectivity index (χ0) is 17.8. The molecule has 0 amide bonds. The summed E-state index contributed by atoms with van der Waals surface area (Å²) in [6.07, 6.45) is 1.26. The molecule has 144 valence electrons. The molecular formula is C19H34IN3O2. The van der Waals surface area contributed by atoms with E-state index < -0.39 is 0 Å². The van der Waals surface area contributed by atoms with E-state index in [1.165, 1.54) is 11.1 Å². The molecule has 1 rings (SSSR count). The lowest BCUT2D eigenvalue weighted by atomic mass is 10.0. The molecule has 1 unspecified atom stereocenters. The first-order valence-corrected chi connectivity index (χ1v) is 8.73. The highest BCUT2D eigenvalue weighted by molar-refractivity contribution is 14.0. The average Bonchev–Trinajstić information content (AvgIpc) is 2.58. The number of guanidine groups is 1. The van der Waals surface area contributed by atoms with E-state index >= 15 is 0 Å². The number of nitrogens with one attached hydrogen (secondary N) is 2. The summed E-state index contributed by atoms with van der Waals surface area (Å²) in [4.78, 5) is 4.27. The van der Waals surface area contributed by atoms with E-state index in [0.717, 1.165) is 32.1 Å². The third kappa shape index (κ3) is 10.0. The predicted octanol–water partition coefficient (Wildman–Crippen LogP) is 3.57. The van der Waals surface area contributed by atoms with Gasteiger partial charge in [-0.25, -0.2) is 0 Å². The Labute approximate surface area is 170 Å². The monoisotopic (exact) mass is 463 g/mol. The fourth-order valence-corrected chi connectivity index (χ4v) is 2.48. The topological polar surface area (TPSA) is 54.9 Å². The highest BCUT2D eigenvalue weighted by atomic mass is 127. The number of benzene rings is 1. The maximum atomic E-state index is 5.77. The van der Waals surface area contributed by atoms with E-state index in [1.807, 2.05) is 6.92 Å². The number of hydrogen-bond acceptors (Lipinski definition) is 3. The quantitative estimate of drug-likeness (QED) is 0.317. The van der Waals surface area contributed by atoms with Crippen LogP contribution in [0, 0.1) is 5.92 Å². The highest BCUT2D eigenvalue weighted by Crippen LogP contribution is 2.10. The number of ether oxygens (including phenoxy) is 2. The summed E-state index contributed by atoms with van der Waals surface area (Å²) in [5.41, 5.74) is 2.39. The van der Waals surface area contributed by atoms with E-state index in [4.69, 9.17) is 9.47 Å². The van der Waals surface area contributed by atoms with Gasteiger partial charge in [0.25, 0.3) is 0 Å². The smallest absolute Gasteiger partial charge is 0.191 e. The van der Waals surface area contributed by atoms with Gasteiger partial charge in [-0.15, -0.1) is 24.0 Å². The van der Waals surface area contributed by atoms with Gasteiger partial charge in [0.05, 0.1) is 12.7 Å². The number of methoxy groups -OCH3 is 1. The predicted molar refractivity (Wildman–Crippen MR) is 116 cm³/mol. The first kappa shape index (κ1) is 24.1. The first-order valence-electron chi connectivity index (χ1n) is 8.73. The van der Waals surface area contributed by atoms with Crippen LogP contribution in [0.5, 0.6) is 0 Å². The van der Waals surface area contributed by atoms with Gasteiger partial charge in [-0.1, -0.05) is 38.1 Å². The summed E-state index contributed by atoms with van der Waals surface area (Å²) in [6.45, 7) is 9.42. The fraction of sp³-hybridized carbons (Fsp3) is 0.632. The molecular weight excluding hydrogens is 429 g/mol. The maximum absolute atomic E-state index is 5.77. The third-order valence-electron chi connectivity index (χ3n) is 3.86. The molecule has 1 aromatic rings. The molecule has 0 aliphatic heterocycles. The minimum atomic E-state index is 0. The van der Waals surface area contributed by atoms with Crippen molar-refractivity contribution in [3.8, 4) is 0 Å². The second kappa shape index (κ2) is 14.3. The third-order valence-corrected chi connectivity index (χ3v) is 3.86. The lowest BCUT2D eigenvalue weighted by Crippen LogP contribution is -2.38. The zero-order valence-electron chi connectivity index (χ0n) is 16.2. The SMILES string of the molecule is CCOC(CCNC(=NC)NCc1ccc(COC)cc1)C(C)C.I. The van der Waals surface area contributed by atoms with Gasteiger partial charge in [-0.3, -0.25) is 4.99 Å². The van der Waals surface area contributed by atoms with Crippen LogP contribution in [0.1, 0.15) is 38.3 Å². The summed E-state index contributed by atoms with van der Waals surface area (Å²) in [6, 6.07) is 8.40. The number of nitrogens with zero attached hydrogens (tertiary/aromatic N) is 1. The largest absolute Gasteiger partial charge is 0.380 e. The molecule has 2 N–H and O–H groups in total. The van der Waals surface area contributed by atoms with Crippen LogP contribution >= 0.6 is 24.0 Å². The Kier molecular flexibility index (Phi) is 13.8. The van der Waals surface area contributed by atoms with Gasteiger partial charge in [0.1, 0.15) is 0 Å². The lowest BCUT2D eigenvalue weighted by Gasteiger charge is -2.21. The number of rotatable bonds is 10. The highest BCUT2D eigenvalue weighted by Gasteiger charge is 2.12. The van der Waals surface area contributed by atoms with Gasteiger partial charge < -0.3 is 20.1 Å². The Bertz CT molecular complexity index is 478. The van der Waals surface area contributed by atoms with Gasteiger partial charge in [0, 0.05) is 33.9 Å². The Balaban J connectivity index is 0.00000576. The minimum absolute atomic E-state index is 0. The fourth-order valence-electron chi connectivity index (χ4n) is 2.48. The van der Waals surface area contributed by atoms with Gasteiger partial charge in [-0.05, 0) is 30.4 Å². The molecule has 5 nitrogen and oxygen atoms in total. The molecule has 0 saturated carbocycles. The van der Waals surface area contributed by atoms with E-state index in [1.54, 1.807) is 14.2 Å². The van der Waals surface area contributed by atoms with Crippen molar-refractivity contribution in [2.24, 2.45) is 10.9 Å². The summed E-state index contributed by atoms with van der Waals surface area (Å²) < 4.78 is 10.9. The zero-order valence-corrected chi connectivity index (χ0v) is 18.5. The van der Waals surface area contributed by atoms with Gasteiger partial charge >= 0.3 is 0 Å². The molecule has 0 radical (unpaired) electrons. The number of halogens is 1. The van der Waals surface area contributed by atoms with E-state index in [0.29, 0.717) is 12.5 Å². The van der Waals surface area contributed by atoms with Crippen molar-refractivity contribution in [1.82, 2.24) is 10.6 Å². The molecule has 1 aromatic carbocycles. The van der Waals surface area contributed by atoms with Crippen molar-refractivity contribution in [3.63, 3.8) is 0 Å². The molecule has 0 aromatic heterocycles. The summed E-state index contributed by atoms with van der Waals surface area (Å²) in [5.74, 6) is 1.34.